The van der Waals surface area contributed by atoms with Crippen LogP contribution in [0.15, 0.2) is 4.52 Å². The second kappa shape index (κ2) is 9.21. The first-order chi connectivity index (χ1) is 11.4. The summed E-state index contributed by atoms with van der Waals surface area (Å²) in [5, 5.41) is 7.07. The molecular formula is C19H35N3O2. The highest BCUT2D eigenvalue weighted by Crippen LogP contribution is 2.33. The van der Waals surface area contributed by atoms with Gasteiger partial charge in [-0.3, -0.25) is 4.79 Å². The maximum Gasteiger partial charge on any atom is 0.273 e. The Hall–Kier alpha value is -1.36. The summed E-state index contributed by atoms with van der Waals surface area (Å²) in [6.45, 7) is 17.7. The van der Waals surface area contributed by atoms with Crippen molar-refractivity contribution in [1.29, 1.82) is 0 Å². The molecule has 0 fully saturated rings. The van der Waals surface area contributed by atoms with Crippen LogP contribution in [0.2, 0.25) is 0 Å². The Labute approximate surface area is 147 Å². The fourth-order valence-electron chi connectivity index (χ4n) is 3.65. The number of aryl methyl sites for hydroxylation is 1. The number of rotatable bonds is 10. The number of nitrogens with zero attached hydrogens (tertiary/aromatic N) is 2. The van der Waals surface area contributed by atoms with Gasteiger partial charge in [0.25, 0.3) is 5.91 Å². The van der Waals surface area contributed by atoms with Gasteiger partial charge in [0.1, 0.15) is 5.76 Å². The lowest BCUT2D eigenvalue weighted by atomic mass is 9.75. The van der Waals surface area contributed by atoms with Crippen LogP contribution in [0.25, 0.3) is 0 Å². The third kappa shape index (κ3) is 4.18. The fourth-order valence-corrected chi connectivity index (χ4v) is 3.65. The summed E-state index contributed by atoms with van der Waals surface area (Å²) in [6.07, 6.45) is 2.80. The van der Waals surface area contributed by atoms with Crippen LogP contribution < -0.4 is 5.32 Å². The third-order valence-electron chi connectivity index (χ3n) is 5.81. The predicted octanol–water partition coefficient (Wildman–Crippen LogP) is 3.81. The summed E-state index contributed by atoms with van der Waals surface area (Å²) in [4.78, 5) is 15.0. The minimum absolute atomic E-state index is 0.0624. The van der Waals surface area contributed by atoms with Crippen molar-refractivity contribution in [3.63, 3.8) is 0 Å². The maximum absolute atomic E-state index is 12.6. The Balaban J connectivity index is 2.89. The molecule has 0 aromatic carbocycles. The van der Waals surface area contributed by atoms with E-state index in [0.29, 0.717) is 18.3 Å². The number of carbonyl (C=O) groups excluding carboxylic acids is 1. The Bertz CT molecular complexity index is 517. The predicted molar refractivity (Wildman–Crippen MR) is 98.3 cm³/mol. The highest BCUT2D eigenvalue weighted by atomic mass is 16.5. The molecule has 0 saturated heterocycles. The van der Waals surface area contributed by atoms with E-state index in [1.807, 2.05) is 13.8 Å². The molecule has 5 heteroatoms. The van der Waals surface area contributed by atoms with Crippen molar-refractivity contribution < 1.29 is 9.32 Å². The van der Waals surface area contributed by atoms with Crippen molar-refractivity contribution in [2.45, 2.75) is 73.8 Å². The van der Waals surface area contributed by atoms with Crippen LogP contribution in [0, 0.1) is 12.3 Å². The molecule has 24 heavy (non-hydrogen) atoms. The molecule has 0 aliphatic heterocycles. The van der Waals surface area contributed by atoms with Crippen molar-refractivity contribution in [3.8, 4) is 0 Å². The second-order valence-corrected chi connectivity index (χ2v) is 6.58. The summed E-state index contributed by atoms with van der Waals surface area (Å²) in [6, 6.07) is 0.410. The Morgan fingerprint density at radius 2 is 1.79 bits per heavy atom. The highest BCUT2D eigenvalue weighted by Gasteiger charge is 2.36. The lowest BCUT2D eigenvalue weighted by Crippen LogP contribution is -2.51. The summed E-state index contributed by atoms with van der Waals surface area (Å²) < 4.78 is 5.25. The van der Waals surface area contributed by atoms with Crippen molar-refractivity contribution in [2.75, 3.05) is 19.6 Å². The molecule has 1 aromatic rings. The third-order valence-corrected chi connectivity index (χ3v) is 5.81. The van der Waals surface area contributed by atoms with Gasteiger partial charge in [0.05, 0.1) is 0 Å². The molecule has 1 atom stereocenters. The number of hydrogen-bond acceptors (Lipinski definition) is 4. The second-order valence-electron chi connectivity index (χ2n) is 6.58. The lowest BCUT2D eigenvalue weighted by molar-refractivity contribution is 0.0654. The molecule has 1 aromatic heterocycles. The molecule has 0 saturated carbocycles. The van der Waals surface area contributed by atoms with Gasteiger partial charge < -0.3 is 14.7 Å². The molecule has 0 aliphatic carbocycles. The molecule has 0 spiro atoms. The van der Waals surface area contributed by atoms with Crippen molar-refractivity contribution >= 4 is 5.91 Å². The zero-order valence-corrected chi connectivity index (χ0v) is 16.5. The van der Waals surface area contributed by atoms with Gasteiger partial charge in [0, 0.05) is 30.0 Å². The Kier molecular flexibility index (Phi) is 7.94. The van der Waals surface area contributed by atoms with Crippen LogP contribution in [0.4, 0.5) is 0 Å². The van der Waals surface area contributed by atoms with Gasteiger partial charge in [-0.2, -0.15) is 0 Å². The van der Waals surface area contributed by atoms with E-state index in [0.717, 1.165) is 43.7 Å². The zero-order chi connectivity index (χ0) is 18.3. The van der Waals surface area contributed by atoms with Crippen molar-refractivity contribution in [1.82, 2.24) is 15.4 Å². The van der Waals surface area contributed by atoms with Gasteiger partial charge >= 0.3 is 0 Å². The maximum atomic E-state index is 12.6. The van der Waals surface area contributed by atoms with Gasteiger partial charge in [0.15, 0.2) is 5.69 Å². The first-order valence-corrected chi connectivity index (χ1v) is 9.37. The molecule has 1 amide bonds. The minimum atomic E-state index is -0.131. The van der Waals surface area contributed by atoms with Crippen LogP contribution in [0.1, 0.15) is 76.2 Å². The molecule has 1 N–H and O–H groups in total. The molecule has 0 aliphatic rings. The van der Waals surface area contributed by atoms with Crippen molar-refractivity contribution in [2.24, 2.45) is 5.41 Å². The molecule has 5 nitrogen and oxygen atoms in total. The standard InChI is InChI=1S/C19H35N3O2/c1-8-16-14(6)17(21-24-16)18(23)20-13-19(9-2,10-3)15(7)22(11-4)12-5/h15H,8-13H2,1-7H3,(H,20,23). The normalized spacial score (nSPS) is 13.3. The average Bonchev–Trinajstić information content (AvgIpc) is 2.97. The van der Waals surface area contributed by atoms with Gasteiger partial charge in [-0.05, 0) is 39.8 Å². The minimum Gasteiger partial charge on any atom is -0.360 e. The molecule has 1 unspecified atom stereocenters. The number of carbonyl (C=O) groups is 1. The molecule has 1 heterocycles. The van der Waals surface area contributed by atoms with Crippen LogP contribution in [0.5, 0.6) is 0 Å². The van der Waals surface area contributed by atoms with Gasteiger partial charge in [-0.1, -0.05) is 39.8 Å². The van der Waals surface area contributed by atoms with Gasteiger partial charge in [-0.15, -0.1) is 0 Å². The summed E-state index contributed by atoms with van der Waals surface area (Å²) in [7, 11) is 0. The van der Waals surface area contributed by atoms with E-state index in [4.69, 9.17) is 4.52 Å². The zero-order valence-electron chi connectivity index (χ0n) is 16.5. The fraction of sp³-hybridized carbons (Fsp3) is 0.789. The first-order valence-electron chi connectivity index (χ1n) is 9.37. The van der Waals surface area contributed by atoms with E-state index in [1.165, 1.54) is 0 Å². The van der Waals surface area contributed by atoms with Crippen LogP contribution >= 0.6 is 0 Å². The molecule has 0 bridgehead atoms. The van der Waals surface area contributed by atoms with Crippen LogP contribution in [0.3, 0.4) is 0 Å². The first kappa shape index (κ1) is 20.7. The number of amides is 1. The topological polar surface area (TPSA) is 58.4 Å². The SMILES string of the molecule is CCc1onc(C(=O)NCC(CC)(CC)C(C)N(CC)CC)c1C. The quantitative estimate of drug-likeness (QED) is 0.705. The summed E-state index contributed by atoms with van der Waals surface area (Å²) >= 11 is 0. The number of hydrogen-bond donors (Lipinski definition) is 1. The Morgan fingerprint density at radius 1 is 1.21 bits per heavy atom. The number of nitrogens with one attached hydrogen (secondary N) is 1. The van der Waals surface area contributed by atoms with E-state index in [1.54, 1.807) is 0 Å². The van der Waals surface area contributed by atoms with E-state index < -0.39 is 0 Å². The van der Waals surface area contributed by atoms with E-state index in [9.17, 15) is 4.79 Å². The lowest BCUT2D eigenvalue weighted by Gasteiger charge is -2.43. The van der Waals surface area contributed by atoms with Crippen molar-refractivity contribution in [3.05, 3.63) is 17.0 Å². The number of aromatic nitrogens is 1. The van der Waals surface area contributed by atoms with Gasteiger partial charge in [-0.25, -0.2) is 0 Å². The molecule has 0 radical (unpaired) electrons. The monoisotopic (exact) mass is 337 g/mol. The largest absolute Gasteiger partial charge is 0.360 e. The van der Waals surface area contributed by atoms with Crippen LogP contribution in [-0.4, -0.2) is 41.6 Å². The highest BCUT2D eigenvalue weighted by molar-refractivity contribution is 5.93. The molecule has 138 valence electrons. The summed E-state index contributed by atoms with van der Waals surface area (Å²) in [5.74, 6) is 0.655. The Morgan fingerprint density at radius 3 is 2.21 bits per heavy atom. The van der Waals surface area contributed by atoms with E-state index >= 15 is 0 Å². The average molecular weight is 338 g/mol. The van der Waals surface area contributed by atoms with Gasteiger partial charge in [0.2, 0.25) is 0 Å². The van der Waals surface area contributed by atoms with E-state index in [2.05, 4.69) is 50.0 Å². The van der Waals surface area contributed by atoms with Crippen LogP contribution in [-0.2, 0) is 6.42 Å². The van der Waals surface area contributed by atoms with E-state index in [-0.39, 0.29) is 11.3 Å². The summed E-state index contributed by atoms with van der Waals surface area (Å²) in [5.41, 5.74) is 1.33. The molecular weight excluding hydrogens is 302 g/mol. The smallest absolute Gasteiger partial charge is 0.273 e. The molecule has 1 rings (SSSR count).